The normalized spacial score (nSPS) is 10.4. The Bertz CT molecular complexity index is 514. The highest BCUT2D eigenvalue weighted by atomic mass is 79.9. The summed E-state index contributed by atoms with van der Waals surface area (Å²) in [5.74, 6) is 0.981. The Labute approximate surface area is 116 Å². The largest absolute Gasteiger partial charge is 0.358 e. The zero-order valence-corrected chi connectivity index (χ0v) is 12.2. The summed E-state index contributed by atoms with van der Waals surface area (Å²) in [6.45, 7) is 2.97. The third-order valence-corrected chi connectivity index (χ3v) is 3.39. The zero-order valence-electron chi connectivity index (χ0n) is 10.6. The maximum atomic E-state index is 4.46. The van der Waals surface area contributed by atoms with E-state index in [-0.39, 0.29) is 0 Å². The molecule has 0 fully saturated rings. The molecule has 0 bridgehead atoms. The summed E-state index contributed by atoms with van der Waals surface area (Å²) in [6.07, 6.45) is 6.54. The van der Waals surface area contributed by atoms with Gasteiger partial charge in [0.25, 0.3) is 0 Å². The van der Waals surface area contributed by atoms with Gasteiger partial charge in [-0.05, 0) is 58.6 Å². The van der Waals surface area contributed by atoms with E-state index in [4.69, 9.17) is 0 Å². The lowest BCUT2D eigenvalue weighted by atomic mass is 10.2. The van der Waals surface area contributed by atoms with Crippen LogP contribution in [0, 0.1) is 6.92 Å². The van der Waals surface area contributed by atoms with E-state index in [9.17, 15) is 0 Å². The van der Waals surface area contributed by atoms with Gasteiger partial charge in [-0.15, -0.1) is 0 Å². The number of aryl methyl sites for hydroxylation is 1. The predicted molar refractivity (Wildman–Crippen MR) is 77.9 cm³/mol. The summed E-state index contributed by atoms with van der Waals surface area (Å²) in [4.78, 5) is 10.6. The minimum Gasteiger partial charge on any atom is -0.358 e. The number of nitrogens with zero attached hydrogens (tertiary/aromatic N) is 3. The van der Waals surface area contributed by atoms with Gasteiger partial charge in [0.2, 0.25) is 0 Å². The first-order chi connectivity index (χ1) is 8.66. The van der Waals surface area contributed by atoms with Crippen LogP contribution in [0.1, 0.15) is 11.1 Å². The first-order valence-corrected chi connectivity index (χ1v) is 6.68. The molecule has 2 aromatic heterocycles. The van der Waals surface area contributed by atoms with Gasteiger partial charge in [-0.25, -0.2) is 4.98 Å². The smallest absolute Gasteiger partial charge is 0.142 e. The Morgan fingerprint density at radius 2 is 2.00 bits per heavy atom. The van der Waals surface area contributed by atoms with E-state index < -0.39 is 0 Å². The summed E-state index contributed by atoms with van der Waals surface area (Å²) < 4.78 is 1.04. The van der Waals surface area contributed by atoms with Crippen molar-refractivity contribution in [2.75, 3.05) is 18.5 Å². The van der Waals surface area contributed by atoms with Crippen LogP contribution in [0.2, 0.25) is 0 Å². The lowest BCUT2D eigenvalue weighted by molar-refractivity contribution is 0.854. The second-order valence-corrected chi connectivity index (χ2v) is 5.20. The van der Waals surface area contributed by atoms with Crippen LogP contribution in [0.3, 0.4) is 0 Å². The third-order valence-electron chi connectivity index (χ3n) is 2.81. The van der Waals surface area contributed by atoms with Crippen molar-refractivity contribution >= 4 is 21.7 Å². The maximum absolute atomic E-state index is 4.46. The van der Waals surface area contributed by atoms with E-state index in [1.165, 1.54) is 5.56 Å². The molecule has 4 heteroatoms. The molecule has 0 unspecified atom stereocenters. The van der Waals surface area contributed by atoms with Gasteiger partial charge < -0.3 is 4.90 Å². The Kier molecular flexibility index (Phi) is 4.31. The highest BCUT2D eigenvalue weighted by molar-refractivity contribution is 9.10. The molecular formula is C14H16BrN3. The number of rotatable bonds is 4. The van der Waals surface area contributed by atoms with Crippen molar-refractivity contribution in [3.63, 3.8) is 0 Å². The van der Waals surface area contributed by atoms with E-state index in [2.05, 4.69) is 43.9 Å². The Morgan fingerprint density at radius 3 is 2.67 bits per heavy atom. The zero-order chi connectivity index (χ0) is 13.0. The van der Waals surface area contributed by atoms with E-state index in [0.29, 0.717) is 0 Å². The van der Waals surface area contributed by atoms with Crippen molar-refractivity contribution in [1.82, 2.24) is 9.97 Å². The fraction of sp³-hybridized carbons (Fsp3) is 0.286. The number of pyridine rings is 2. The van der Waals surface area contributed by atoms with Gasteiger partial charge in [0, 0.05) is 32.2 Å². The first-order valence-electron chi connectivity index (χ1n) is 5.89. The monoisotopic (exact) mass is 305 g/mol. The lowest BCUT2D eigenvalue weighted by Crippen LogP contribution is -2.21. The molecule has 3 nitrogen and oxygen atoms in total. The fourth-order valence-electron chi connectivity index (χ4n) is 1.76. The minimum absolute atomic E-state index is 0.929. The average molecular weight is 306 g/mol. The molecule has 0 aromatic carbocycles. The Balaban J connectivity index is 2.01. The molecule has 0 saturated carbocycles. The summed E-state index contributed by atoms with van der Waals surface area (Å²) in [6, 6.07) is 6.18. The van der Waals surface area contributed by atoms with Crippen LogP contribution in [0.25, 0.3) is 0 Å². The molecule has 0 amide bonds. The summed E-state index contributed by atoms with van der Waals surface area (Å²) in [5.41, 5.74) is 2.45. The standard InChI is InChI=1S/C14H16BrN3/c1-11-9-13(15)14(17-10-11)18(2)8-5-12-3-6-16-7-4-12/h3-4,6-7,9-10H,5,8H2,1-2H3. The Morgan fingerprint density at radius 1 is 1.28 bits per heavy atom. The summed E-state index contributed by atoms with van der Waals surface area (Å²) >= 11 is 3.56. The second kappa shape index (κ2) is 5.96. The SMILES string of the molecule is Cc1cnc(N(C)CCc2ccncc2)c(Br)c1. The second-order valence-electron chi connectivity index (χ2n) is 4.35. The van der Waals surface area contributed by atoms with Crippen LogP contribution in [0.4, 0.5) is 5.82 Å². The molecule has 0 N–H and O–H groups in total. The Hall–Kier alpha value is -1.42. The van der Waals surface area contributed by atoms with Crippen LogP contribution < -0.4 is 4.90 Å². The quantitative estimate of drug-likeness (QED) is 0.868. The molecule has 2 rings (SSSR count). The number of likely N-dealkylation sites (N-methyl/N-ethyl adjacent to an activating group) is 1. The van der Waals surface area contributed by atoms with Crippen LogP contribution in [-0.4, -0.2) is 23.6 Å². The molecule has 0 atom stereocenters. The van der Waals surface area contributed by atoms with Crippen molar-refractivity contribution < 1.29 is 0 Å². The summed E-state index contributed by atoms with van der Waals surface area (Å²) in [5, 5.41) is 0. The number of halogens is 1. The van der Waals surface area contributed by atoms with Crippen molar-refractivity contribution in [3.8, 4) is 0 Å². The number of anilines is 1. The molecule has 2 heterocycles. The summed E-state index contributed by atoms with van der Waals surface area (Å²) in [7, 11) is 2.06. The highest BCUT2D eigenvalue weighted by Crippen LogP contribution is 2.23. The number of hydrogen-bond acceptors (Lipinski definition) is 3. The lowest BCUT2D eigenvalue weighted by Gasteiger charge is -2.19. The van der Waals surface area contributed by atoms with Crippen LogP contribution in [0.5, 0.6) is 0 Å². The molecule has 0 aliphatic carbocycles. The van der Waals surface area contributed by atoms with Gasteiger partial charge in [0.1, 0.15) is 5.82 Å². The molecule has 2 aromatic rings. The van der Waals surface area contributed by atoms with Crippen LogP contribution in [-0.2, 0) is 6.42 Å². The molecule has 0 aliphatic rings. The molecule has 0 spiro atoms. The van der Waals surface area contributed by atoms with Gasteiger partial charge in [0.05, 0.1) is 4.47 Å². The fourth-order valence-corrected chi connectivity index (χ4v) is 2.53. The third kappa shape index (κ3) is 3.29. The molecule has 94 valence electrons. The first kappa shape index (κ1) is 13.0. The van der Waals surface area contributed by atoms with Gasteiger partial charge in [-0.3, -0.25) is 4.98 Å². The van der Waals surface area contributed by atoms with E-state index in [1.807, 2.05) is 37.6 Å². The van der Waals surface area contributed by atoms with Crippen molar-refractivity contribution in [3.05, 3.63) is 52.4 Å². The van der Waals surface area contributed by atoms with Gasteiger partial charge in [-0.2, -0.15) is 0 Å². The topological polar surface area (TPSA) is 29.0 Å². The predicted octanol–water partition coefficient (Wildman–Crippen LogP) is 3.23. The number of aromatic nitrogens is 2. The van der Waals surface area contributed by atoms with Crippen molar-refractivity contribution in [2.24, 2.45) is 0 Å². The van der Waals surface area contributed by atoms with Crippen LogP contribution >= 0.6 is 15.9 Å². The maximum Gasteiger partial charge on any atom is 0.142 e. The van der Waals surface area contributed by atoms with E-state index in [1.54, 1.807) is 0 Å². The molecule has 0 aliphatic heterocycles. The molecular weight excluding hydrogens is 290 g/mol. The minimum atomic E-state index is 0.929. The molecule has 0 saturated heterocycles. The van der Waals surface area contributed by atoms with Gasteiger partial charge in [0.15, 0.2) is 0 Å². The van der Waals surface area contributed by atoms with E-state index in [0.717, 1.165) is 28.8 Å². The van der Waals surface area contributed by atoms with Crippen molar-refractivity contribution in [2.45, 2.75) is 13.3 Å². The number of hydrogen-bond donors (Lipinski definition) is 0. The molecule has 0 radical (unpaired) electrons. The van der Waals surface area contributed by atoms with Gasteiger partial charge >= 0.3 is 0 Å². The molecule has 18 heavy (non-hydrogen) atoms. The van der Waals surface area contributed by atoms with E-state index >= 15 is 0 Å². The average Bonchev–Trinajstić information content (AvgIpc) is 2.37. The van der Waals surface area contributed by atoms with Crippen molar-refractivity contribution in [1.29, 1.82) is 0 Å². The highest BCUT2D eigenvalue weighted by Gasteiger charge is 2.07. The van der Waals surface area contributed by atoms with Crippen LogP contribution in [0.15, 0.2) is 41.3 Å². The van der Waals surface area contributed by atoms with Gasteiger partial charge in [-0.1, -0.05) is 0 Å².